The highest BCUT2D eigenvalue weighted by atomic mass is 32.1. The lowest BCUT2D eigenvalue weighted by molar-refractivity contribution is 0.340. The van der Waals surface area contributed by atoms with Crippen LogP contribution in [-0.2, 0) is 4.79 Å². The van der Waals surface area contributed by atoms with Crippen LogP contribution in [-0.4, -0.2) is 17.0 Å². The van der Waals surface area contributed by atoms with Gasteiger partial charge in [-0.1, -0.05) is 23.4 Å². The number of aryl methyl sites for hydroxylation is 1. The van der Waals surface area contributed by atoms with E-state index in [-0.39, 0.29) is 5.71 Å². The van der Waals surface area contributed by atoms with E-state index in [1.807, 2.05) is 25.1 Å². The number of para-hydroxylation sites is 1. The average molecular weight is 260 g/mol. The monoisotopic (exact) mass is 260 g/mol. The van der Waals surface area contributed by atoms with Crippen molar-refractivity contribution in [3.05, 3.63) is 40.9 Å². The number of nitrogens with two attached hydrogens (primary N) is 1. The maximum atomic E-state index is 10.8. The lowest BCUT2D eigenvalue weighted by Crippen LogP contribution is -2.05. The molecule has 0 fully saturated rings. The fourth-order valence-electron chi connectivity index (χ4n) is 1.27. The summed E-state index contributed by atoms with van der Waals surface area (Å²) in [4.78, 5) is 20.0. The largest absolute Gasteiger partial charge is 0.375 e. The van der Waals surface area contributed by atoms with Crippen molar-refractivity contribution in [3.63, 3.8) is 0 Å². The zero-order valence-corrected chi connectivity index (χ0v) is 10.4. The van der Waals surface area contributed by atoms with E-state index in [4.69, 9.17) is 10.6 Å². The number of carbonyl (C=O) groups excluding carboxylic acids is 1. The fraction of sp³-hybridized carbons (Fsp3) is 0.0833. The Morgan fingerprint density at radius 2 is 2.28 bits per heavy atom. The van der Waals surface area contributed by atoms with Crippen LogP contribution >= 0.6 is 11.3 Å². The van der Waals surface area contributed by atoms with Crippen LogP contribution in [0.1, 0.15) is 11.3 Å². The van der Waals surface area contributed by atoms with Gasteiger partial charge in [0.05, 0.1) is 0 Å². The van der Waals surface area contributed by atoms with Gasteiger partial charge in [-0.2, -0.15) is 0 Å². The first-order valence-corrected chi connectivity index (χ1v) is 5.99. The first kappa shape index (κ1) is 12.3. The Morgan fingerprint density at radius 3 is 2.89 bits per heavy atom. The van der Waals surface area contributed by atoms with Gasteiger partial charge in [0.15, 0.2) is 16.6 Å². The van der Waals surface area contributed by atoms with Crippen molar-refractivity contribution in [2.45, 2.75) is 6.92 Å². The molecule has 6 heteroatoms. The second-order valence-corrected chi connectivity index (χ2v) is 4.36. The highest BCUT2D eigenvalue weighted by Gasteiger charge is 2.09. The zero-order valence-electron chi connectivity index (χ0n) is 9.58. The molecule has 0 aliphatic carbocycles. The van der Waals surface area contributed by atoms with Gasteiger partial charge in [0.2, 0.25) is 0 Å². The van der Waals surface area contributed by atoms with E-state index in [1.165, 1.54) is 11.3 Å². The number of benzene rings is 1. The summed E-state index contributed by atoms with van der Waals surface area (Å²) in [6.07, 6.45) is 1.68. The predicted molar refractivity (Wildman–Crippen MR) is 70.6 cm³/mol. The first-order chi connectivity index (χ1) is 8.70. The number of hydrogen-bond donors (Lipinski definition) is 1. The molecule has 1 aromatic heterocycles. The lowest BCUT2D eigenvalue weighted by Gasteiger charge is -2.02. The average Bonchev–Trinajstić information content (AvgIpc) is 2.79. The summed E-state index contributed by atoms with van der Waals surface area (Å²) in [6.45, 7) is 1.88. The van der Waals surface area contributed by atoms with Crippen molar-refractivity contribution in [1.82, 2.24) is 4.98 Å². The quantitative estimate of drug-likeness (QED) is 0.673. The molecule has 2 rings (SSSR count). The molecular formula is C12H10N3O2S. The van der Waals surface area contributed by atoms with Gasteiger partial charge in [0, 0.05) is 5.38 Å². The highest BCUT2D eigenvalue weighted by Crippen LogP contribution is 2.17. The van der Waals surface area contributed by atoms with Crippen LogP contribution in [0.5, 0.6) is 5.75 Å². The van der Waals surface area contributed by atoms with Gasteiger partial charge < -0.3 is 10.6 Å². The number of hydrogen-bond acceptors (Lipinski definition) is 6. The van der Waals surface area contributed by atoms with Crippen LogP contribution in [0, 0.1) is 6.92 Å². The van der Waals surface area contributed by atoms with Crippen molar-refractivity contribution in [1.29, 1.82) is 0 Å². The van der Waals surface area contributed by atoms with E-state index in [0.29, 0.717) is 16.6 Å². The molecule has 0 atom stereocenters. The predicted octanol–water partition coefficient (Wildman–Crippen LogP) is 1.93. The normalized spacial score (nSPS) is 11.3. The molecule has 0 bridgehead atoms. The Labute approximate surface area is 108 Å². The van der Waals surface area contributed by atoms with Crippen LogP contribution in [0.15, 0.2) is 34.8 Å². The van der Waals surface area contributed by atoms with Crippen molar-refractivity contribution in [2.75, 3.05) is 5.73 Å². The number of rotatable bonds is 4. The molecule has 0 aliphatic heterocycles. The van der Waals surface area contributed by atoms with Crippen LogP contribution in [0.4, 0.5) is 5.13 Å². The Balaban J connectivity index is 2.21. The minimum absolute atomic E-state index is 0.00815. The molecular weight excluding hydrogens is 250 g/mol. The van der Waals surface area contributed by atoms with Crippen LogP contribution < -0.4 is 10.6 Å². The summed E-state index contributed by atoms with van der Waals surface area (Å²) in [6, 6.07) is 7.36. The molecule has 91 valence electrons. The molecule has 1 radical (unpaired) electrons. The van der Waals surface area contributed by atoms with E-state index in [0.717, 1.165) is 5.56 Å². The van der Waals surface area contributed by atoms with Gasteiger partial charge in [-0.15, -0.1) is 11.3 Å². The van der Waals surface area contributed by atoms with E-state index < -0.39 is 0 Å². The third kappa shape index (κ3) is 2.72. The molecule has 0 saturated carbocycles. The smallest absolute Gasteiger partial charge is 0.259 e. The molecule has 0 unspecified atom stereocenters. The van der Waals surface area contributed by atoms with Crippen molar-refractivity contribution >= 4 is 28.5 Å². The summed E-state index contributed by atoms with van der Waals surface area (Å²) in [5.74, 6) is 0.577. The summed E-state index contributed by atoms with van der Waals surface area (Å²) >= 11 is 1.22. The second-order valence-electron chi connectivity index (χ2n) is 3.47. The van der Waals surface area contributed by atoms with Gasteiger partial charge in [-0.25, -0.2) is 4.98 Å². The minimum atomic E-state index is -0.00815. The van der Waals surface area contributed by atoms with Gasteiger partial charge in [-0.05, 0) is 18.6 Å². The van der Waals surface area contributed by atoms with Crippen LogP contribution in [0.3, 0.4) is 0 Å². The van der Waals surface area contributed by atoms with Gasteiger partial charge in [0.25, 0.3) is 6.29 Å². The number of anilines is 1. The molecule has 1 aromatic carbocycles. The molecule has 0 amide bonds. The maximum absolute atomic E-state index is 10.8. The summed E-state index contributed by atoms with van der Waals surface area (Å²) in [7, 11) is 0. The molecule has 2 aromatic rings. The Morgan fingerprint density at radius 1 is 1.50 bits per heavy atom. The lowest BCUT2D eigenvalue weighted by atomic mass is 10.2. The Kier molecular flexibility index (Phi) is 3.69. The van der Waals surface area contributed by atoms with Gasteiger partial charge in [0.1, 0.15) is 5.69 Å². The molecule has 0 saturated heterocycles. The topological polar surface area (TPSA) is 77.6 Å². The number of aromatic nitrogens is 1. The minimum Gasteiger partial charge on any atom is -0.375 e. The van der Waals surface area contributed by atoms with Crippen molar-refractivity contribution in [3.8, 4) is 5.75 Å². The number of nitrogen functional groups attached to an aromatic ring is 1. The standard InChI is InChI=1S/C12H10N3O2S/c1-8-4-2-3-5-11(8)17-15-9(6-16)10-7-18-12(13)14-10/h2-5,7H,1H3,(H2,13,14)/b15-9-. The van der Waals surface area contributed by atoms with Crippen LogP contribution in [0.2, 0.25) is 0 Å². The number of oxime groups is 1. The Hall–Kier alpha value is -2.21. The van der Waals surface area contributed by atoms with E-state index in [2.05, 4.69) is 10.1 Å². The molecule has 0 spiro atoms. The molecule has 1 heterocycles. The van der Waals surface area contributed by atoms with E-state index in [9.17, 15) is 4.79 Å². The summed E-state index contributed by atoms with van der Waals surface area (Å²) in [5, 5.41) is 5.73. The number of thiazole rings is 1. The second kappa shape index (κ2) is 5.42. The fourth-order valence-corrected chi connectivity index (χ4v) is 1.82. The highest BCUT2D eigenvalue weighted by molar-refractivity contribution is 7.13. The number of nitrogens with zero attached hydrogens (tertiary/aromatic N) is 2. The van der Waals surface area contributed by atoms with Crippen LogP contribution in [0.25, 0.3) is 0 Å². The summed E-state index contributed by atoms with van der Waals surface area (Å²) in [5.41, 5.74) is 6.76. The summed E-state index contributed by atoms with van der Waals surface area (Å²) < 4.78 is 0. The Bertz CT molecular complexity index is 593. The molecule has 5 nitrogen and oxygen atoms in total. The van der Waals surface area contributed by atoms with Crippen molar-refractivity contribution < 1.29 is 9.63 Å². The third-order valence-electron chi connectivity index (χ3n) is 2.19. The molecule has 0 aliphatic rings. The van der Waals surface area contributed by atoms with E-state index >= 15 is 0 Å². The molecule has 2 N–H and O–H groups in total. The van der Waals surface area contributed by atoms with Gasteiger partial charge in [-0.3, -0.25) is 4.79 Å². The zero-order chi connectivity index (χ0) is 13.0. The first-order valence-electron chi connectivity index (χ1n) is 5.11. The molecule has 18 heavy (non-hydrogen) atoms. The maximum Gasteiger partial charge on any atom is 0.259 e. The van der Waals surface area contributed by atoms with Gasteiger partial charge >= 0.3 is 0 Å². The van der Waals surface area contributed by atoms with E-state index in [1.54, 1.807) is 17.7 Å². The van der Waals surface area contributed by atoms with Crippen molar-refractivity contribution in [2.24, 2.45) is 5.16 Å². The SMILES string of the molecule is Cc1ccccc1O/N=C(/[C]=O)c1csc(N)n1. The third-order valence-corrected chi connectivity index (χ3v) is 2.86.